The minimum absolute atomic E-state index is 0.0824. The fourth-order valence-electron chi connectivity index (χ4n) is 4.90. The minimum atomic E-state index is -4.29. The van der Waals surface area contributed by atoms with Crippen molar-refractivity contribution in [1.29, 1.82) is 0 Å². The van der Waals surface area contributed by atoms with E-state index in [-0.39, 0.29) is 34.5 Å². The van der Waals surface area contributed by atoms with Crippen LogP contribution < -0.4 is 10.2 Å². The molecule has 2 unspecified atom stereocenters. The molecule has 1 amide bonds. The third-order valence-electron chi connectivity index (χ3n) is 6.71. The van der Waals surface area contributed by atoms with Crippen molar-refractivity contribution in [3.05, 3.63) is 53.6 Å². The lowest BCUT2D eigenvalue weighted by molar-refractivity contribution is -0.136. The zero-order valence-electron chi connectivity index (χ0n) is 20.3. The second kappa shape index (κ2) is 12.0. The summed E-state index contributed by atoms with van der Waals surface area (Å²) in [4.78, 5) is 20.0. The number of hydrogen-bond donors (Lipinski definition) is 1. The number of benzene rings is 2. The monoisotopic (exact) mass is 540 g/mol. The second-order valence-corrected chi connectivity index (χ2v) is 11.1. The van der Waals surface area contributed by atoms with E-state index in [0.717, 1.165) is 62.8 Å². The van der Waals surface area contributed by atoms with Gasteiger partial charge in [0.05, 0.1) is 0 Å². The van der Waals surface area contributed by atoms with Gasteiger partial charge in [0.1, 0.15) is 0 Å². The van der Waals surface area contributed by atoms with Crippen molar-refractivity contribution in [3.63, 3.8) is 0 Å². The quantitative estimate of drug-likeness (QED) is 0.448. The fourth-order valence-corrected chi connectivity index (χ4v) is 5.57. The van der Waals surface area contributed by atoms with Crippen LogP contribution in [0.15, 0.2) is 53.4 Å². The molecule has 196 valence electrons. The molecule has 1 N–H and O–H groups in total. The number of hydrogen-bond acceptors (Lipinski definition) is 5. The third kappa shape index (κ3) is 7.70. The van der Waals surface area contributed by atoms with E-state index in [2.05, 4.69) is 15.1 Å². The molecule has 2 aliphatic heterocycles. The summed E-state index contributed by atoms with van der Waals surface area (Å²) in [6.07, 6.45) is 1.82. The molecule has 0 bridgehead atoms. The highest BCUT2D eigenvalue weighted by Crippen LogP contribution is 2.37. The lowest BCUT2D eigenvalue weighted by atomic mass is 10.0. The van der Waals surface area contributed by atoms with Crippen LogP contribution in [0.1, 0.15) is 19.8 Å². The largest absolute Gasteiger partial charge is 0.446 e. The molecule has 0 aromatic heterocycles. The van der Waals surface area contributed by atoms with Gasteiger partial charge in [-0.05, 0) is 73.1 Å². The summed E-state index contributed by atoms with van der Waals surface area (Å²) in [6, 6.07) is 14.3. The predicted molar refractivity (Wildman–Crippen MR) is 141 cm³/mol. The van der Waals surface area contributed by atoms with Crippen molar-refractivity contribution < 1.29 is 18.0 Å². The number of piperidine rings is 1. The molecule has 2 fully saturated rings. The summed E-state index contributed by atoms with van der Waals surface area (Å²) >= 11 is 5.88. The molecule has 2 aromatic rings. The molecule has 5 nitrogen and oxygen atoms in total. The Bertz CT molecular complexity index is 998. The van der Waals surface area contributed by atoms with E-state index >= 15 is 0 Å². The molecule has 4 rings (SSSR count). The Hall–Kier alpha value is -2.10. The minimum Gasteiger partial charge on any atom is -0.381 e. The summed E-state index contributed by atoms with van der Waals surface area (Å²) < 4.78 is 37.6. The van der Waals surface area contributed by atoms with Gasteiger partial charge in [0.15, 0.2) is 0 Å². The van der Waals surface area contributed by atoms with Gasteiger partial charge in [-0.25, -0.2) is 0 Å². The number of halogens is 4. The number of rotatable bonds is 7. The first kappa shape index (κ1) is 26.9. The van der Waals surface area contributed by atoms with Crippen LogP contribution in [0.2, 0.25) is 5.02 Å². The summed E-state index contributed by atoms with van der Waals surface area (Å²) in [5.41, 5.74) is -2.35. The first-order chi connectivity index (χ1) is 17.2. The molecule has 0 radical (unpaired) electrons. The standard InChI is InChI=1S/C26H32ClF3N4OS/c1-19(17-32-13-15-33(16-14-32)23-8-4-20(27)5-9-23)25(35)34-12-2-3-22(18-34)31-21-6-10-24(11-7-21)36-26(28,29)30/h4-11,19,22,31H,2-3,12-18H2,1H3. The number of carbonyl (C=O) groups excluding carboxylic acids is 1. The van der Waals surface area contributed by atoms with E-state index < -0.39 is 5.51 Å². The summed E-state index contributed by atoms with van der Waals surface area (Å²) in [6.45, 7) is 7.73. The van der Waals surface area contributed by atoms with Crippen LogP contribution in [-0.2, 0) is 4.79 Å². The number of carbonyl (C=O) groups is 1. The lowest BCUT2D eigenvalue weighted by Gasteiger charge is -2.39. The Morgan fingerprint density at radius 1 is 1.06 bits per heavy atom. The molecule has 2 aromatic carbocycles. The van der Waals surface area contributed by atoms with E-state index in [9.17, 15) is 18.0 Å². The van der Waals surface area contributed by atoms with E-state index in [0.29, 0.717) is 6.54 Å². The molecule has 2 aliphatic rings. The predicted octanol–water partition coefficient (Wildman–Crippen LogP) is 5.81. The van der Waals surface area contributed by atoms with E-state index in [1.54, 1.807) is 12.1 Å². The number of thioether (sulfide) groups is 1. The van der Waals surface area contributed by atoms with Crippen molar-refractivity contribution in [3.8, 4) is 0 Å². The Morgan fingerprint density at radius 3 is 2.36 bits per heavy atom. The summed E-state index contributed by atoms with van der Waals surface area (Å²) in [7, 11) is 0. The highest BCUT2D eigenvalue weighted by Gasteiger charge is 2.30. The fraction of sp³-hybridized carbons (Fsp3) is 0.500. The average Bonchev–Trinajstić information content (AvgIpc) is 2.85. The van der Waals surface area contributed by atoms with Crippen molar-refractivity contribution in [2.45, 2.75) is 36.2 Å². The van der Waals surface area contributed by atoms with Crippen LogP contribution in [-0.4, -0.2) is 73.1 Å². The zero-order valence-corrected chi connectivity index (χ0v) is 21.9. The highest BCUT2D eigenvalue weighted by molar-refractivity contribution is 8.00. The second-order valence-electron chi connectivity index (χ2n) is 9.51. The van der Waals surface area contributed by atoms with Crippen LogP contribution in [0.4, 0.5) is 24.5 Å². The van der Waals surface area contributed by atoms with E-state index in [4.69, 9.17) is 11.6 Å². The summed E-state index contributed by atoms with van der Waals surface area (Å²) in [5, 5.41) is 4.13. The normalized spacial score (nSPS) is 20.3. The molecule has 10 heteroatoms. The molecule has 0 spiro atoms. The maximum absolute atomic E-state index is 13.2. The van der Waals surface area contributed by atoms with E-state index in [1.807, 2.05) is 36.1 Å². The number of amides is 1. The summed E-state index contributed by atoms with van der Waals surface area (Å²) in [5.74, 6) is 0.0723. The van der Waals surface area contributed by atoms with Crippen LogP contribution in [0, 0.1) is 5.92 Å². The van der Waals surface area contributed by atoms with Crippen molar-refractivity contribution in [2.75, 3.05) is 56.0 Å². The van der Waals surface area contributed by atoms with Gasteiger partial charge in [-0.3, -0.25) is 9.69 Å². The lowest BCUT2D eigenvalue weighted by Crippen LogP contribution is -2.51. The highest BCUT2D eigenvalue weighted by atomic mass is 35.5. The molecule has 2 heterocycles. The Morgan fingerprint density at radius 2 is 1.72 bits per heavy atom. The molecule has 0 saturated carbocycles. The molecule has 36 heavy (non-hydrogen) atoms. The first-order valence-corrected chi connectivity index (χ1v) is 13.5. The van der Waals surface area contributed by atoms with Gasteiger partial charge in [-0.2, -0.15) is 13.2 Å². The van der Waals surface area contributed by atoms with Crippen LogP contribution in [0.5, 0.6) is 0 Å². The number of nitrogens with one attached hydrogen (secondary N) is 1. The third-order valence-corrected chi connectivity index (χ3v) is 7.70. The first-order valence-electron chi connectivity index (χ1n) is 12.3. The van der Waals surface area contributed by atoms with Gasteiger partial charge < -0.3 is 15.1 Å². The van der Waals surface area contributed by atoms with Crippen LogP contribution in [0.25, 0.3) is 0 Å². The van der Waals surface area contributed by atoms with E-state index in [1.165, 1.54) is 17.8 Å². The van der Waals surface area contributed by atoms with Gasteiger partial charge in [0, 0.05) is 79.1 Å². The Balaban J connectivity index is 1.23. The van der Waals surface area contributed by atoms with Crippen LogP contribution in [0.3, 0.4) is 0 Å². The maximum Gasteiger partial charge on any atom is 0.446 e. The molecular weight excluding hydrogens is 509 g/mol. The molecular formula is C26H32ClF3N4OS. The zero-order chi connectivity index (χ0) is 25.7. The van der Waals surface area contributed by atoms with Crippen molar-refractivity contribution in [2.24, 2.45) is 5.92 Å². The Labute approximate surface area is 219 Å². The smallest absolute Gasteiger partial charge is 0.381 e. The van der Waals surface area contributed by atoms with Gasteiger partial charge >= 0.3 is 5.51 Å². The number of anilines is 2. The molecule has 2 atom stereocenters. The Kier molecular flexibility index (Phi) is 8.96. The molecule has 0 aliphatic carbocycles. The number of alkyl halides is 3. The average molecular weight is 541 g/mol. The van der Waals surface area contributed by atoms with Gasteiger partial charge in [-0.1, -0.05) is 18.5 Å². The number of likely N-dealkylation sites (tertiary alicyclic amines) is 1. The number of nitrogens with zero attached hydrogens (tertiary/aromatic N) is 3. The van der Waals surface area contributed by atoms with Gasteiger partial charge in [-0.15, -0.1) is 0 Å². The topological polar surface area (TPSA) is 38.8 Å². The molecule has 2 saturated heterocycles. The SMILES string of the molecule is CC(CN1CCN(c2ccc(Cl)cc2)CC1)C(=O)N1CCCC(Nc2ccc(SC(F)(F)F)cc2)C1. The van der Waals surface area contributed by atoms with Crippen molar-refractivity contribution in [1.82, 2.24) is 9.80 Å². The maximum atomic E-state index is 13.2. The van der Waals surface area contributed by atoms with Crippen LogP contribution >= 0.6 is 23.4 Å². The van der Waals surface area contributed by atoms with Gasteiger partial charge in [0.25, 0.3) is 0 Å². The van der Waals surface area contributed by atoms with Crippen molar-refractivity contribution >= 4 is 40.6 Å². The van der Waals surface area contributed by atoms with Gasteiger partial charge in [0.2, 0.25) is 5.91 Å². The number of piperazine rings is 1.